The van der Waals surface area contributed by atoms with Gasteiger partial charge in [-0.15, -0.1) is 0 Å². The highest BCUT2D eigenvalue weighted by molar-refractivity contribution is 5.57. The van der Waals surface area contributed by atoms with E-state index in [1.807, 2.05) is 25.1 Å². The molecule has 1 aliphatic carbocycles. The number of H-pyrrole nitrogens is 1. The summed E-state index contributed by atoms with van der Waals surface area (Å²) in [6, 6.07) is 5.87. The minimum Gasteiger partial charge on any atom is -0.393 e. The van der Waals surface area contributed by atoms with E-state index in [4.69, 9.17) is 4.98 Å². The first kappa shape index (κ1) is 12.4. The zero-order valence-electron chi connectivity index (χ0n) is 11.1. The van der Waals surface area contributed by atoms with Crippen LogP contribution in [0.2, 0.25) is 0 Å². The van der Waals surface area contributed by atoms with Crippen LogP contribution in [0, 0.1) is 6.92 Å². The van der Waals surface area contributed by atoms with Crippen molar-refractivity contribution in [2.75, 3.05) is 0 Å². The second kappa shape index (κ2) is 5.13. The number of hydrogen-bond donors (Lipinski definition) is 2. The summed E-state index contributed by atoms with van der Waals surface area (Å²) in [5, 5.41) is 9.57. The Kier molecular flexibility index (Phi) is 3.34. The predicted molar refractivity (Wildman–Crippen MR) is 73.8 cm³/mol. The molecule has 1 saturated carbocycles. The van der Waals surface area contributed by atoms with E-state index < -0.39 is 0 Å². The van der Waals surface area contributed by atoms with Crippen LogP contribution in [0.25, 0.3) is 11.4 Å². The van der Waals surface area contributed by atoms with Crippen LogP contribution in [0.3, 0.4) is 0 Å². The van der Waals surface area contributed by atoms with Crippen LogP contribution in [-0.4, -0.2) is 26.2 Å². The highest BCUT2D eigenvalue weighted by atomic mass is 16.3. The number of nitrogens with zero attached hydrogens (tertiary/aromatic N) is 2. The maximum absolute atomic E-state index is 9.57. The molecule has 2 heterocycles. The van der Waals surface area contributed by atoms with Gasteiger partial charge in [-0.25, -0.2) is 4.98 Å². The van der Waals surface area contributed by atoms with Crippen LogP contribution in [0.5, 0.6) is 0 Å². The van der Waals surface area contributed by atoms with Gasteiger partial charge in [-0.05, 0) is 44.7 Å². The van der Waals surface area contributed by atoms with E-state index in [0.29, 0.717) is 5.92 Å². The fraction of sp³-hybridized carbons (Fsp3) is 0.467. The fourth-order valence-electron chi connectivity index (χ4n) is 2.78. The lowest BCUT2D eigenvalue weighted by Gasteiger charge is -2.23. The number of aliphatic hydroxyl groups is 1. The van der Waals surface area contributed by atoms with Crippen molar-refractivity contribution in [1.29, 1.82) is 0 Å². The number of pyridine rings is 1. The van der Waals surface area contributed by atoms with Gasteiger partial charge in [-0.3, -0.25) is 4.98 Å². The van der Waals surface area contributed by atoms with Gasteiger partial charge in [0.2, 0.25) is 0 Å². The van der Waals surface area contributed by atoms with E-state index in [9.17, 15) is 5.11 Å². The average Bonchev–Trinajstić information content (AvgIpc) is 2.83. The number of nitrogens with one attached hydrogen (secondary N) is 1. The van der Waals surface area contributed by atoms with E-state index in [1.54, 1.807) is 6.20 Å². The van der Waals surface area contributed by atoms with E-state index in [1.165, 1.54) is 0 Å². The molecule has 2 aromatic rings. The fourth-order valence-corrected chi connectivity index (χ4v) is 2.78. The third-order valence-electron chi connectivity index (χ3n) is 3.89. The Hall–Kier alpha value is -1.68. The first-order valence-corrected chi connectivity index (χ1v) is 6.90. The summed E-state index contributed by atoms with van der Waals surface area (Å²) < 4.78 is 0. The number of aliphatic hydroxyl groups excluding tert-OH is 1. The molecule has 3 rings (SSSR count). The minimum atomic E-state index is -0.123. The summed E-state index contributed by atoms with van der Waals surface area (Å²) >= 11 is 0. The maximum Gasteiger partial charge on any atom is 0.110 e. The molecule has 0 atom stereocenters. The first-order valence-electron chi connectivity index (χ1n) is 6.90. The largest absolute Gasteiger partial charge is 0.393 e. The molecule has 4 nitrogen and oxygen atoms in total. The third-order valence-corrected chi connectivity index (χ3v) is 3.89. The smallest absolute Gasteiger partial charge is 0.110 e. The van der Waals surface area contributed by atoms with Crippen LogP contribution in [0.4, 0.5) is 0 Å². The average molecular weight is 257 g/mol. The third kappa shape index (κ3) is 2.54. The van der Waals surface area contributed by atoms with E-state index in [-0.39, 0.29) is 6.10 Å². The van der Waals surface area contributed by atoms with Crippen molar-refractivity contribution in [2.45, 2.75) is 44.6 Å². The zero-order chi connectivity index (χ0) is 13.2. The standard InChI is InChI=1S/C15H19N3O/c1-10-14(13-4-2-3-9-16-13)18-15(17-10)11-5-7-12(19)8-6-11/h2-4,9,11-12,19H,5-8H2,1H3,(H,17,18). The number of aromatic amines is 1. The summed E-state index contributed by atoms with van der Waals surface area (Å²) in [6.45, 7) is 2.04. The molecular weight excluding hydrogens is 238 g/mol. The van der Waals surface area contributed by atoms with Gasteiger partial charge < -0.3 is 10.1 Å². The van der Waals surface area contributed by atoms with E-state index >= 15 is 0 Å². The van der Waals surface area contributed by atoms with Crippen molar-refractivity contribution in [1.82, 2.24) is 15.0 Å². The normalized spacial score (nSPS) is 23.5. The SMILES string of the molecule is Cc1[nH]c(C2CCC(O)CC2)nc1-c1ccccn1. The van der Waals surface area contributed by atoms with Gasteiger partial charge in [0.25, 0.3) is 0 Å². The van der Waals surface area contributed by atoms with Gasteiger partial charge in [0.15, 0.2) is 0 Å². The second-order valence-electron chi connectivity index (χ2n) is 5.32. The first-order chi connectivity index (χ1) is 9.24. The number of hydrogen-bond acceptors (Lipinski definition) is 3. The van der Waals surface area contributed by atoms with Gasteiger partial charge in [0.05, 0.1) is 11.8 Å². The summed E-state index contributed by atoms with van der Waals surface area (Å²) in [6.07, 6.45) is 5.45. The van der Waals surface area contributed by atoms with Crippen molar-refractivity contribution in [2.24, 2.45) is 0 Å². The van der Waals surface area contributed by atoms with E-state index in [0.717, 1.165) is 48.6 Å². The number of rotatable bonds is 2. The number of imidazole rings is 1. The predicted octanol–water partition coefficient (Wildman–Crippen LogP) is 2.80. The molecule has 4 heteroatoms. The molecule has 0 spiro atoms. The molecule has 2 aromatic heterocycles. The molecule has 0 aliphatic heterocycles. The summed E-state index contributed by atoms with van der Waals surface area (Å²) in [5.74, 6) is 1.49. The Balaban J connectivity index is 1.85. The monoisotopic (exact) mass is 257 g/mol. The molecule has 0 radical (unpaired) electrons. The van der Waals surface area contributed by atoms with Crippen molar-refractivity contribution >= 4 is 0 Å². The quantitative estimate of drug-likeness (QED) is 0.869. The molecule has 1 aliphatic rings. The van der Waals surface area contributed by atoms with Crippen LogP contribution >= 0.6 is 0 Å². The zero-order valence-corrected chi connectivity index (χ0v) is 11.1. The molecule has 1 fully saturated rings. The van der Waals surface area contributed by atoms with E-state index in [2.05, 4.69) is 9.97 Å². The summed E-state index contributed by atoms with van der Waals surface area (Å²) in [5.41, 5.74) is 2.93. The van der Waals surface area contributed by atoms with Crippen LogP contribution in [-0.2, 0) is 0 Å². The molecule has 0 saturated heterocycles. The second-order valence-corrected chi connectivity index (χ2v) is 5.32. The lowest BCUT2D eigenvalue weighted by molar-refractivity contribution is 0.121. The molecule has 0 bridgehead atoms. The Bertz CT molecular complexity index is 542. The molecule has 2 N–H and O–H groups in total. The lowest BCUT2D eigenvalue weighted by Crippen LogP contribution is -2.17. The van der Waals surface area contributed by atoms with Gasteiger partial charge in [-0.1, -0.05) is 6.07 Å². The van der Waals surface area contributed by atoms with Crippen molar-refractivity contribution < 1.29 is 5.11 Å². The van der Waals surface area contributed by atoms with Crippen LogP contribution in [0.1, 0.15) is 43.1 Å². The van der Waals surface area contributed by atoms with Crippen LogP contribution in [0.15, 0.2) is 24.4 Å². The highest BCUT2D eigenvalue weighted by Gasteiger charge is 2.24. The molecule has 0 unspecified atom stereocenters. The highest BCUT2D eigenvalue weighted by Crippen LogP contribution is 2.33. The molecule has 0 aromatic carbocycles. The summed E-state index contributed by atoms with van der Waals surface area (Å²) in [7, 11) is 0. The Morgan fingerprint density at radius 2 is 2.00 bits per heavy atom. The molecule has 19 heavy (non-hydrogen) atoms. The number of aryl methyl sites for hydroxylation is 1. The summed E-state index contributed by atoms with van der Waals surface area (Å²) in [4.78, 5) is 12.5. The lowest BCUT2D eigenvalue weighted by atomic mass is 9.87. The van der Waals surface area contributed by atoms with Crippen molar-refractivity contribution in [3.63, 3.8) is 0 Å². The number of aromatic nitrogens is 3. The van der Waals surface area contributed by atoms with Crippen molar-refractivity contribution in [3.05, 3.63) is 35.9 Å². The molecule has 100 valence electrons. The van der Waals surface area contributed by atoms with Gasteiger partial charge in [0.1, 0.15) is 11.5 Å². The Labute approximate surface area is 112 Å². The Morgan fingerprint density at radius 3 is 2.68 bits per heavy atom. The minimum absolute atomic E-state index is 0.123. The Morgan fingerprint density at radius 1 is 1.21 bits per heavy atom. The van der Waals surface area contributed by atoms with Gasteiger partial charge in [-0.2, -0.15) is 0 Å². The van der Waals surface area contributed by atoms with Gasteiger partial charge in [0, 0.05) is 17.8 Å². The maximum atomic E-state index is 9.57. The molecular formula is C15H19N3O. The van der Waals surface area contributed by atoms with Crippen molar-refractivity contribution in [3.8, 4) is 11.4 Å². The molecule has 0 amide bonds. The van der Waals surface area contributed by atoms with Gasteiger partial charge >= 0.3 is 0 Å². The topological polar surface area (TPSA) is 61.8 Å². The van der Waals surface area contributed by atoms with Crippen LogP contribution < -0.4 is 0 Å².